The van der Waals surface area contributed by atoms with Crippen LogP contribution in [0.15, 0.2) is 60.7 Å². The van der Waals surface area contributed by atoms with Crippen molar-refractivity contribution in [2.45, 2.75) is 34.2 Å². The van der Waals surface area contributed by atoms with Crippen LogP contribution in [-0.4, -0.2) is 19.1 Å². The van der Waals surface area contributed by atoms with Gasteiger partial charge in [-0.3, -0.25) is 4.79 Å². The number of hydrogen-bond donors (Lipinski definition) is 2. The van der Waals surface area contributed by atoms with E-state index in [1.54, 1.807) is 0 Å². The van der Waals surface area contributed by atoms with E-state index < -0.39 is 0 Å². The van der Waals surface area contributed by atoms with E-state index in [2.05, 4.69) is 41.8 Å². The van der Waals surface area contributed by atoms with Gasteiger partial charge in [0.2, 0.25) is 0 Å². The van der Waals surface area contributed by atoms with Crippen molar-refractivity contribution in [2.24, 2.45) is 0 Å². The van der Waals surface area contributed by atoms with E-state index >= 15 is 0 Å². The molecule has 3 rings (SSSR count). The maximum absolute atomic E-state index is 12.4. The predicted octanol–water partition coefficient (Wildman–Crippen LogP) is 5.64. The SMILES string of the molecule is CCOc1cc(CNc2ccc(C)cc2)ccc1OCC(=O)Nc1cccc(C)c1C. The minimum Gasteiger partial charge on any atom is -0.490 e. The van der Waals surface area contributed by atoms with Crippen LogP contribution in [0, 0.1) is 20.8 Å². The molecule has 31 heavy (non-hydrogen) atoms. The number of nitrogens with one attached hydrogen (secondary N) is 2. The number of benzene rings is 3. The van der Waals surface area contributed by atoms with Gasteiger partial charge in [-0.15, -0.1) is 0 Å². The first-order valence-electron chi connectivity index (χ1n) is 10.5. The molecule has 5 nitrogen and oxygen atoms in total. The number of ether oxygens (including phenoxy) is 2. The van der Waals surface area contributed by atoms with Gasteiger partial charge >= 0.3 is 0 Å². The number of anilines is 2. The number of carbonyl (C=O) groups excluding carboxylic acids is 1. The van der Waals surface area contributed by atoms with Crippen LogP contribution in [0.2, 0.25) is 0 Å². The molecule has 0 spiro atoms. The molecular formula is C26H30N2O3. The Morgan fingerprint density at radius 1 is 0.903 bits per heavy atom. The highest BCUT2D eigenvalue weighted by molar-refractivity contribution is 5.92. The van der Waals surface area contributed by atoms with Crippen LogP contribution in [0.25, 0.3) is 0 Å². The van der Waals surface area contributed by atoms with Gasteiger partial charge in [-0.05, 0) is 74.7 Å². The predicted molar refractivity (Wildman–Crippen MR) is 126 cm³/mol. The largest absolute Gasteiger partial charge is 0.490 e. The molecule has 0 aliphatic rings. The van der Waals surface area contributed by atoms with Gasteiger partial charge in [-0.1, -0.05) is 35.9 Å². The van der Waals surface area contributed by atoms with Crippen LogP contribution in [0.5, 0.6) is 11.5 Å². The van der Waals surface area contributed by atoms with Crippen LogP contribution in [0.3, 0.4) is 0 Å². The molecule has 0 radical (unpaired) electrons. The topological polar surface area (TPSA) is 59.6 Å². The monoisotopic (exact) mass is 418 g/mol. The Bertz CT molecular complexity index is 1030. The van der Waals surface area contributed by atoms with Gasteiger partial charge in [0.25, 0.3) is 5.91 Å². The Balaban J connectivity index is 1.61. The lowest BCUT2D eigenvalue weighted by Gasteiger charge is -2.15. The van der Waals surface area contributed by atoms with Crippen LogP contribution in [-0.2, 0) is 11.3 Å². The molecule has 0 aliphatic carbocycles. The lowest BCUT2D eigenvalue weighted by atomic mass is 10.1. The molecule has 3 aromatic rings. The molecule has 0 bridgehead atoms. The van der Waals surface area contributed by atoms with Gasteiger partial charge < -0.3 is 20.1 Å². The molecule has 0 unspecified atom stereocenters. The van der Waals surface area contributed by atoms with Crippen molar-refractivity contribution in [3.8, 4) is 11.5 Å². The Labute approximate surface area is 184 Å². The Morgan fingerprint density at radius 3 is 2.42 bits per heavy atom. The summed E-state index contributed by atoms with van der Waals surface area (Å²) in [6, 6.07) is 19.9. The number of hydrogen-bond acceptors (Lipinski definition) is 4. The van der Waals surface area contributed by atoms with Crippen molar-refractivity contribution in [1.82, 2.24) is 0 Å². The fourth-order valence-electron chi connectivity index (χ4n) is 3.14. The van der Waals surface area contributed by atoms with Gasteiger partial charge in [0.15, 0.2) is 18.1 Å². The summed E-state index contributed by atoms with van der Waals surface area (Å²) < 4.78 is 11.5. The quantitative estimate of drug-likeness (QED) is 0.472. The highest BCUT2D eigenvalue weighted by Crippen LogP contribution is 2.29. The van der Waals surface area contributed by atoms with Crippen LogP contribution in [0.4, 0.5) is 11.4 Å². The van der Waals surface area contributed by atoms with Crippen LogP contribution < -0.4 is 20.1 Å². The van der Waals surface area contributed by atoms with E-state index in [-0.39, 0.29) is 12.5 Å². The lowest BCUT2D eigenvalue weighted by molar-refractivity contribution is -0.118. The van der Waals surface area contributed by atoms with Crippen LogP contribution >= 0.6 is 0 Å². The molecular weight excluding hydrogens is 388 g/mol. The first-order chi connectivity index (χ1) is 15.0. The Kier molecular flexibility index (Phi) is 7.55. The number of amides is 1. The summed E-state index contributed by atoms with van der Waals surface area (Å²) in [5.41, 5.74) is 6.34. The van der Waals surface area contributed by atoms with Crippen molar-refractivity contribution in [2.75, 3.05) is 23.8 Å². The smallest absolute Gasteiger partial charge is 0.262 e. The molecule has 0 aliphatic heterocycles. The van der Waals surface area contributed by atoms with Crippen molar-refractivity contribution in [3.05, 3.63) is 82.9 Å². The van der Waals surface area contributed by atoms with Crippen LogP contribution in [0.1, 0.15) is 29.2 Å². The van der Waals surface area contributed by atoms with E-state index in [1.807, 2.05) is 57.2 Å². The minimum absolute atomic E-state index is 0.0889. The third kappa shape index (κ3) is 6.25. The van der Waals surface area contributed by atoms with E-state index in [0.29, 0.717) is 24.7 Å². The maximum Gasteiger partial charge on any atom is 0.262 e. The van der Waals surface area contributed by atoms with Gasteiger partial charge in [0.05, 0.1) is 6.61 Å². The third-order valence-electron chi connectivity index (χ3n) is 5.09. The van der Waals surface area contributed by atoms with E-state index in [9.17, 15) is 4.79 Å². The highest BCUT2D eigenvalue weighted by atomic mass is 16.5. The summed E-state index contributed by atoms with van der Waals surface area (Å²) in [6.07, 6.45) is 0. The molecule has 0 saturated carbocycles. The molecule has 0 heterocycles. The van der Waals surface area contributed by atoms with E-state index in [4.69, 9.17) is 9.47 Å². The Morgan fingerprint density at radius 2 is 1.68 bits per heavy atom. The second kappa shape index (κ2) is 10.5. The second-order valence-electron chi connectivity index (χ2n) is 7.52. The summed E-state index contributed by atoms with van der Waals surface area (Å²) >= 11 is 0. The molecule has 0 saturated heterocycles. The minimum atomic E-state index is -0.207. The van der Waals surface area contributed by atoms with Crippen molar-refractivity contribution in [1.29, 1.82) is 0 Å². The molecule has 2 N–H and O–H groups in total. The molecule has 0 aromatic heterocycles. The Hall–Kier alpha value is -3.47. The summed E-state index contributed by atoms with van der Waals surface area (Å²) in [5.74, 6) is 0.976. The molecule has 3 aromatic carbocycles. The van der Waals surface area contributed by atoms with Gasteiger partial charge in [-0.2, -0.15) is 0 Å². The lowest BCUT2D eigenvalue weighted by Crippen LogP contribution is -2.21. The summed E-state index contributed by atoms with van der Waals surface area (Å²) in [6.45, 7) is 9.09. The van der Waals surface area contributed by atoms with E-state index in [1.165, 1.54) is 5.56 Å². The van der Waals surface area contributed by atoms with Gasteiger partial charge in [0.1, 0.15) is 0 Å². The highest BCUT2D eigenvalue weighted by Gasteiger charge is 2.11. The van der Waals surface area contributed by atoms with Crippen molar-refractivity contribution >= 4 is 17.3 Å². The number of aryl methyl sites for hydroxylation is 2. The zero-order chi connectivity index (χ0) is 22.2. The summed E-state index contributed by atoms with van der Waals surface area (Å²) in [7, 11) is 0. The number of rotatable bonds is 9. The molecule has 1 amide bonds. The molecule has 0 fully saturated rings. The van der Waals surface area contributed by atoms with Gasteiger partial charge in [0, 0.05) is 17.9 Å². The first-order valence-corrected chi connectivity index (χ1v) is 10.5. The zero-order valence-electron chi connectivity index (χ0n) is 18.6. The van der Waals surface area contributed by atoms with Crippen molar-refractivity contribution in [3.63, 3.8) is 0 Å². The van der Waals surface area contributed by atoms with E-state index in [0.717, 1.165) is 28.1 Å². The second-order valence-corrected chi connectivity index (χ2v) is 7.52. The average molecular weight is 419 g/mol. The number of carbonyl (C=O) groups is 1. The van der Waals surface area contributed by atoms with Gasteiger partial charge in [-0.25, -0.2) is 0 Å². The maximum atomic E-state index is 12.4. The summed E-state index contributed by atoms with van der Waals surface area (Å²) in [5, 5.41) is 6.32. The molecule has 162 valence electrons. The normalized spacial score (nSPS) is 10.5. The fraction of sp³-hybridized carbons (Fsp3) is 0.269. The fourth-order valence-corrected chi connectivity index (χ4v) is 3.14. The van der Waals surface area contributed by atoms with Crippen molar-refractivity contribution < 1.29 is 14.3 Å². The molecule has 5 heteroatoms. The molecule has 0 atom stereocenters. The standard InChI is InChI=1S/C26H30N2O3/c1-5-30-25-15-21(16-27-22-12-9-18(2)10-13-22)11-14-24(25)31-17-26(29)28-23-8-6-7-19(3)20(23)4/h6-15,27H,5,16-17H2,1-4H3,(H,28,29). The third-order valence-corrected chi connectivity index (χ3v) is 5.09. The summed E-state index contributed by atoms with van der Waals surface area (Å²) in [4.78, 5) is 12.4. The zero-order valence-corrected chi connectivity index (χ0v) is 18.6. The average Bonchev–Trinajstić information content (AvgIpc) is 2.76. The first kappa shape index (κ1) is 22.2.